The molecule has 0 aromatic carbocycles. The Morgan fingerprint density at radius 3 is 2.62 bits per heavy atom. The van der Waals surface area contributed by atoms with Crippen LogP contribution in [0.15, 0.2) is 12.2 Å². The Hall–Kier alpha value is -0.830. The van der Waals surface area contributed by atoms with Gasteiger partial charge in [0.25, 0.3) is 0 Å². The highest BCUT2D eigenvalue weighted by Crippen LogP contribution is 2.00. The standard InChI is InChI=1S/C10H18O3/c1-3-4-5-6-7-13-10(12)9(2)8-11/h11H,2-8H2,1H3. The quantitative estimate of drug-likeness (QED) is 0.373. The Labute approximate surface area is 79.4 Å². The summed E-state index contributed by atoms with van der Waals surface area (Å²) in [5.41, 5.74) is 0.121. The van der Waals surface area contributed by atoms with E-state index in [0.717, 1.165) is 19.3 Å². The highest BCUT2D eigenvalue weighted by Gasteiger charge is 2.05. The highest BCUT2D eigenvalue weighted by atomic mass is 16.5. The van der Waals surface area contributed by atoms with E-state index in [1.807, 2.05) is 0 Å². The maximum absolute atomic E-state index is 10.9. The molecule has 0 heterocycles. The number of hydrogen-bond acceptors (Lipinski definition) is 3. The molecule has 0 amide bonds. The molecule has 13 heavy (non-hydrogen) atoms. The highest BCUT2D eigenvalue weighted by molar-refractivity contribution is 5.87. The maximum Gasteiger partial charge on any atom is 0.335 e. The molecule has 0 atom stereocenters. The van der Waals surface area contributed by atoms with Crippen LogP contribution >= 0.6 is 0 Å². The van der Waals surface area contributed by atoms with Gasteiger partial charge in [0, 0.05) is 0 Å². The minimum atomic E-state index is -0.487. The van der Waals surface area contributed by atoms with Crippen LogP contribution in [0.25, 0.3) is 0 Å². The number of aliphatic hydroxyl groups excluding tert-OH is 1. The molecule has 0 aliphatic heterocycles. The summed E-state index contributed by atoms with van der Waals surface area (Å²) in [6.45, 7) is 5.59. The van der Waals surface area contributed by atoms with Crippen molar-refractivity contribution in [2.24, 2.45) is 0 Å². The average molecular weight is 186 g/mol. The Morgan fingerprint density at radius 1 is 1.38 bits per heavy atom. The predicted molar refractivity (Wildman–Crippen MR) is 51.3 cm³/mol. The van der Waals surface area contributed by atoms with Crippen LogP contribution in [0.5, 0.6) is 0 Å². The first-order chi connectivity index (χ1) is 6.22. The summed E-state index contributed by atoms with van der Waals surface area (Å²) in [4.78, 5) is 10.9. The van der Waals surface area contributed by atoms with Crippen LogP contribution in [0.2, 0.25) is 0 Å². The Kier molecular flexibility index (Phi) is 7.30. The largest absolute Gasteiger partial charge is 0.462 e. The molecular weight excluding hydrogens is 168 g/mol. The van der Waals surface area contributed by atoms with Gasteiger partial charge in [-0.15, -0.1) is 0 Å². The van der Waals surface area contributed by atoms with Crippen molar-refractivity contribution in [2.45, 2.75) is 32.6 Å². The van der Waals surface area contributed by atoms with Gasteiger partial charge < -0.3 is 9.84 Å². The summed E-state index contributed by atoms with van der Waals surface area (Å²) < 4.78 is 4.84. The Bertz CT molecular complexity index is 164. The van der Waals surface area contributed by atoms with E-state index in [-0.39, 0.29) is 12.2 Å². The zero-order valence-corrected chi connectivity index (χ0v) is 8.21. The molecule has 0 aromatic rings. The molecule has 0 rings (SSSR count). The summed E-state index contributed by atoms with van der Waals surface area (Å²) in [6, 6.07) is 0. The number of rotatable bonds is 7. The summed E-state index contributed by atoms with van der Waals surface area (Å²) in [5, 5.41) is 8.55. The van der Waals surface area contributed by atoms with Gasteiger partial charge in [-0.25, -0.2) is 4.79 Å². The third kappa shape index (κ3) is 6.34. The number of esters is 1. The lowest BCUT2D eigenvalue weighted by atomic mass is 10.2. The van der Waals surface area contributed by atoms with Crippen molar-refractivity contribution in [1.29, 1.82) is 0 Å². The fourth-order valence-electron chi connectivity index (χ4n) is 0.860. The van der Waals surface area contributed by atoms with Gasteiger partial charge in [-0.05, 0) is 6.42 Å². The van der Waals surface area contributed by atoms with Gasteiger partial charge in [0.05, 0.1) is 18.8 Å². The second kappa shape index (κ2) is 7.80. The first-order valence-corrected chi connectivity index (χ1v) is 4.68. The molecule has 3 heteroatoms. The van der Waals surface area contributed by atoms with Crippen LogP contribution in [0.1, 0.15) is 32.6 Å². The molecule has 0 aliphatic carbocycles. The van der Waals surface area contributed by atoms with Crippen LogP contribution in [0.4, 0.5) is 0 Å². The summed E-state index contributed by atoms with van der Waals surface area (Å²) in [6.07, 6.45) is 4.30. The van der Waals surface area contributed by atoms with E-state index in [1.165, 1.54) is 6.42 Å². The Morgan fingerprint density at radius 2 is 2.08 bits per heavy atom. The van der Waals surface area contributed by atoms with Crippen molar-refractivity contribution < 1.29 is 14.6 Å². The first kappa shape index (κ1) is 12.2. The minimum Gasteiger partial charge on any atom is -0.462 e. The minimum absolute atomic E-state index is 0.121. The van der Waals surface area contributed by atoms with Crippen molar-refractivity contribution in [1.82, 2.24) is 0 Å². The molecule has 0 radical (unpaired) electrons. The third-order valence-electron chi connectivity index (χ3n) is 1.71. The topological polar surface area (TPSA) is 46.5 Å². The zero-order valence-electron chi connectivity index (χ0n) is 8.21. The fraction of sp³-hybridized carbons (Fsp3) is 0.700. The molecule has 76 valence electrons. The number of unbranched alkanes of at least 4 members (excludes halogenated alkanes) is 3. The van der Waals surface area contributed by atoms with Crippen molar-refractivity contribution in [2.75, 3.05) is 13.2 Å². The van der Waals surface area contributed by atoms with Crippen LogP contribution in [0, 0.1) is 0 Å². The van der Waals surface area contributed by atoms with E-state index >= 15 is 0 Å². The molecule has 0 bridgehead atoms. The van der Waals surface area contributed by atoms with E-state index in [9.17, 15) is 4.79 Å². The molecule has 0 saturated carbocycles. The number of aliphatic hydroxyl groups is 1. The lowest BCUT2D eigenvalue weighted by molar-refractivity contribution is -0.139. The van der Waals surface area contributed by atoms with Gasteiger partial charge >= 0.3 is 5.97 Å². The molecule has 0 saturated heterocycles. The lowest BCUT2D eigenvalue weighted by Crippen LogP contribution is -2.10. The van der Waals surface area contributed by atoms with E-state index in [2.05, 4.69) is 13.5 Å². The molecule has 0 aromatic heterocycles. The van der Waals surface area contributed by atoms with Gasteiger partial charge in [0.15, 0.2) is 0 Å². The number of ether oxygens (including phenoxy) is 1. The molecule has 0 fully saturated rings. The number of carbonyl (C=O) groups excluding carboxylic acids is 1. The monoisotopic (exact) mass is 186 g/mol. The van der Waals surface area contributed by atoms with Crippen molar-refractivity contribution in [3.8, 4) is 0 Å². The number of carbonyl (C=O) groups is 1. The zero-order chi connectivity index (χ0) is 10.1. The molecule has 0 aliphatic rings. The van der Waals surface area contributed by atoms with E-state index in [0.29, 0.717) is 6.61 Å². The molecular formula is C10H18O3. The fourth-order valence-corrected chi connectivity index (χ4v) is 0.860. The normalized spacial score (nSPS) is 9.69. The van der Waals surface area contributed by atoms with Crippen molar-refractivity contribution in [3.63, 3.8) is 0 Å². The summed E-state index contributed by atoms with van der Waals surface area (Å²) >= 11 is 0. The van der Waals surface area contributed by atoms with Gasteiger partial charge in [0.1, 0.15) is 0 Å². The van der Waals surface area contributed by atoms with Crippen molar-refractivity contribution in [3.05, 3.63) is 12.2 Å². The number of hydrogen-bond donors (Lipinski definition) is 1. The van der Waals surface area contributed by atoms with E-state index < -0.39 is 5.97 Å². The van der Waals surface area contributed by atoms with Gasteiger partial charge in [-0.3, -0.25) is 0 Å². The Balaban J connectivity index is 3.32. The smallest absolute Gasteiger partial charge is 0.335 e. The second-order valence-electron chi connectivity index (χ2n) is 2.96. The molecule has 3 nitrogen and oxygen atoms in total. The lowest BCUT2D eigenvalue weighted by Gasteiger charge is -2.04. The molecule has 0 unspecified atom stereocenters. The summed E-state index contributed by atoms with van der Waals surface area (Å²) in [7, 11) is 0. The van der Waals surface area contributed by atoms with E-state index in [4.69, 9.17) is 9.84 Å². The maximum atomic E-state index is 10.9. The SMILES string of the molecule is C=C(CO)C(=O)OCCCCCC. The molecule has 0 spiro atoms. The van der Waals surface area contributed by atoms with E-state index in [1.54, 1.807) is 0 Å². The van der Waals surface area contributed by atoms with Crippen LogP contribution in [-0.4, -0.2) is 24.3 Å². The van der Waals surface area contributed by atoms with Crippen molar-refractivity contribution >= 4 is 5.97 Å². The third-order valence-corrected chi connectivity index (χ3v) is 1.71. The van der Waals surface area contributed by atoms with Crippen LogP contribution in [0.3, 0.4) is 0 Å². The summed E-state index contributed by atoms with van der Waals surface area (Å²) in [5.74, 6) is -0.487. The van der Waals surface area contributed by atoms with Crippen LogP contribution in [-0.2, 0) is 9.53 Å². The van der Waals surface area contributed by atoms with Gasteiger partial charge in [0.2, 0.25) is 0 Å². The van der Waals surface area contributed by atoms with Gasteiger partial charge in [-0.1, -0.05) is 32.8 Å². The first-order valence-electron chi connectivity index (χ1n) is 4.68. The van der Waals surface area contributed by atoms with Gasteiger partial charge in [-0.2, -0.15) is 0 Å². The predicted octanol–water partition coefficient (Wildman–Crippen LogP) is 1.66. The average Bonchev–Trinajstić information content (AvgIpc) is 2.16. The van der Waals surface area contributed by atoms with Crippen LogP contribution < -0.4 is 0 Å². The molecule has 1 N–H and O–H groups in total. The second-order valence-corrected chi connectivity index (χ2v) is 2.96.